The van der Waals surface area contributed by atoms with Gasteiger partial charge in [0.25, 0.3) is 0 Å². The van der Waals surface area contributed by atoms with Crippen molar-refractivity contribution in [1.29, 1.82) is 0 Å². The number of aliphatic hydroxyl groups is 2. The zero-order valence-electron chi connectivity index (χ0n) is 5.96. The molecule has 1 rings (SSSR count). The minimum absolute atomic E-state index is 0.184. The van der Waals surface area contributed by atoms with Crippen LogP contribution in [0.4, 0.5) is 0 Å². The highest BCUT2D eigenvalue weighted by atomic mass is 16.3. The van der Waals surface area contributed by atoms with Gasteiger partial charge in [-0.25, -0.2) is 0 Å². The fraction of sp³-hybridized carbons (Fsp3) is 1.00. The summed E-state index contributed by atoms with van der Waals surface area (Å²) in [5, 5.41) is 17.5. The van der Waals surface area contributed by atoms with E-state index in [1.807, 2.05) is 0 Å². The smallest absolute Gasteiger partial charge is 0.0468 e. The lowest BCUT2D eigenvalue weighted by atomic mass is 10.1. The highest BCUT2D eigenvalue weighted by Gasteiger charge is 2.56. The Bertz CT molecular complexity index is 97.5. The normalized spacial score (nSPS) is 38.7. The highest BCUT2D eigenvalue weighted by Crippen LogP contribution is 2.57. The minimum atomic E-state index is 0.184. The fourth-order valence-electron chi connectivity index (χ4n) is 1.58. The Labute approximate surface area is 55.5 Å². The summed E-state index contributed by atoms with van der Waals surface area (Å²) < 4.78 is 0. The molecule has 0 aromatic rings. The van der Waals surface area contributed by atoms with Crippen LogP contribution in [0.5, 0.6) is 0 Å². The first-order chi connectivity index (χ1) is 4.14. The Kier molecular flexibility index (Phi) is 1.53. The maximum absolute atomic E-state index is 8.73. The van der Waals surface area contributed by atoms with Crippen molar-refractivity contribution in [1.82, 2.24) is 0 Å². The fourth-order valence-corrected chi connectivity index (χ4v) is 1.58. The molecule has 2 heteroatoms. The van der Waals surface area contributed by atoms with Crippen molar-refractivity contribution in [3.8, 4) is 0 Å². The van der Waals surface area contributed by atoms with Gasteiger partial charge in [-0.1, -0.05) is 13.8 Å². The summed E-state index contributed by atoms with van der Waals surface area (Å²) in [6.45, 7) is 4.60. The Morgan fingerprint density at radius 1 is 1.11 bits per heavy atom. The van der Waals surface area contributed by atoms with Crippen molar-refractivity contribution >= 4 is 0 Å². The Morgan fingerprint density at radius 2 is 1.44 bits per heavy atom. The summed E-state index contributed by atoms with van der Waals surface area (Å²) in [6.07, 6.45) is 0. The summed E-state index contributed by atoms with van der Waals surface area (Å²) in [5.41, 5.74) is 0.184. The molecule has 1 aliphatic carbocycles. The van der Waals surface area contributed by atoms with Crippen molar-refractivity contribution in [2.75, 3.05) is 13.2 Å². The molecule has 1 aliphatic rings. The second-order valence-corrected chi connectivity index (χ2v) is 3.40. The molecule has 0 bridgehead atoms. The quantitative estimate of drug-likeness (QED) is 0.562. The van der Waals surface area contributed by atoms with Gasteiger partial charge in [-0.15, -0.1) is 0 Å². The van der Waals surface area contributed by atoms with E-state index >= 15 is 0 Å². The van der Waals surface area contributed by atoms with Gasteiger partial charge in [0.2, 0.25) is 0 Å². The molecule has 0 aromatic heterocycles. The van der Waals surface area contributed by atoms with Gasteiger partial charge in [-0.3, -0.25) is 0 Å². The molecule has 0 aliphatic heterocycles. The molecule has 1 fully saturated rings. The standard InChI is InChI=1S/C7H14O2/c1-7(2)5(3-8)6(7)4-9/h5-6,8-9H,3-4H2,1-2H3. The first-order valence-corrected chi connectivity index (χ1v) is 3.36. The van der Waals surface area contributed by atoms with Gasteiger partial charge in [0, 0.05) is 13.2 Å². The third kappa shape index (κ3) is 0.864. The SMILES string of the molecule is CC1(C)C(CO)C1CO. The molecule has 0 spiro atoms. The van der Waals surface area contributed by atoms with Gasteiger partial charge >= 0.3 is 0 Å². The van der Waals surface area contributed by atoms with Gasteiger partial charge in [-0.2, -0.15) is 0 Å². The van der Waals surface area contributed by atoms with Crippen LogP contribution >= 0.6 is 0 Å². The van der Waals surface area contributed by atoms with Crippen LogP contribution in [-0.2, 0) is 0 Å². The summed E-state index contributed by atoms with van der Waals surface area (Å²) in [5.74, 6) is 0.671. The van der Waals surface area contributed by atoms with Crippen molar-refractivity contribution in [2.24, 2.45) is 17.3 Å². The molecular weight excluding hydrogens is 116 g/mol. The predicted octanol–water partition coefficient (Wildman–Crippen LogP) is 0.243. The predicted molar refractivity (Wildman–Crippen MR) is 34.9 cm³/mol. The number of hydrogen-bond acceptors (Lipinski definition) is 2. The molecule has 0 heterocycles. The third-order valence-corrected chi connectivity index (χ3v) is 2.68. The molecule has 0 aromatic carbocycles. The number of aliphatic hydroxyl groups excluding tert-OH is 2. The van der Waals surface area contributed by atoms with E-state index < -0.39 is 0 Å². The third-order valence-electron chi connectivity index (χ3n) is 2.68. The first kappa shape index (κ1) is 7.03. The summed E-state index contributed by atoms with van der Waals surface area (Å²) in [4.78, 5) is 0. The number of hydrogen-bond donors (Lipinski definition) is 2. The van der Waals surface area contributed by atoms with E-state index in [1.165, 1.54) is 0 Å². The molecule has 2 nitrogen and oxygen atoms in total. The topological polar surface area (TPSA) is 40.5 Å². The molecule has 2 atom stereocenters. The molecule has 0 saturated heterocycles. The van der Waals surface area contributed by atoms with Crippen LogP contribution in [0.2, 0.25) is 0 Å². The lowest BCUT2D eigenvalue weighted by Gasteiger charge is -1.97. The molecule has 2 N–H and O–H groups in total. The van der Waals surface area contributed by atoms with E-state index in [0.717, 1.165) is 0 Å². The average Bonchev–Trinajstić information content (AvgIpc) is 2.32. The van der Waals surface area contributed by atoms with E-state index in [9.17, 15) is 0 Å². The van der Waals surface area contributed by atoms with Crippen LogP contribution < -0.4 is 0 Å². The monoisotopic (exact) mass is 130 g/mol. The molecule has 0 radical (unpaired) electrons. The lowest BCUT2D eigenvalue weighted by Crippen LogP contribution is -1.94. The maximum Gasteiger partial charge on any atom is 0.0468 e. The molecule has 0 amide bonds. The summed E-state index contributed by atoms with van der Waals surface area (Å²) in [6, 6.07) is 0. The van der Waals surface area contributed by atoms with Crippen LogP contribution in [0.1, 0.15) is 13.8 Å². The largest absolute Gasteiger partial charge is 0.396 e. The second kappa shape index (κ2) is 1.96. The van der Waals surface area contributed by atoms with Crippen molar-refractivity contribution in [2.45, 2.75) is 13.8 Å². The van der Waals surface area contributed by atoms with E-state index in [2.05, 4.69) is 13.8 Å². The minimum Gasteiger partial charge on any atom is -0.396 e. The van der Waals surface area contributed by atoms with Gasteiger partial charge in [0.05, 0.1) is 0 Å². The Hall–Kier alpha value is -0.0800. The zero-order chi connectivity index (χ0) is 7.07. The average molecular weight is 130 g/mol. The van der Waals surface area contributed by atoms with E-state index in [0.29, 0.717) is 11.8 Å². The maximum atomic E-state index is 8.73. The number of rotatable bonds is 2. The highest BCUT2D eigenvalue weighted by molar-refractivity contribution is 5.03. The van der Waals surface area contributed by atoms with Crippen LogP contribution in [0.3, 0.4) is 0 Å². The van der Waals surface area contributed by atoms with Gasteiger partial charge in [0.15, 0.2) is 0 Å². The van der Waals surface area contributed by atoms with Crippen LogP contribution in [0, 0.1) is 17.3 Å². The molecule has 54 valence electrons. The Balaban J connectivity index is 2.45. The van der Waals surface area contributed by atoms with Crippen molar-refractivity contribution < 1.29 is 10.2 Å². The zero-order valence-corrected chi connectivity index (χ0v) is 5.96. The molecule has 9 heavy (non-hydrogen) atoms. The van der Waals surface area contributed by atoms with Crippen LogP contribution in [-0.4, -0.2) is 23.4 Å². The van der Waals surface area contributed by atoms with Gasteiger partial charge in [0.1, 0.15) is 0 Å². The van der Waals surface area contributed by atoms with Gasteiger partial charge in [-0.05, 0) is 17.3 Å². The molecule has 2 unspecified atom stereocenters. The Morgan fingerprint density at radius 3 is 1.56 bits per heavy atom. The van der Waals surface area contributed by atoms with E-state index in [1.54, 1.807) is 0 Å². The molecular formula is C7H14O2. The van der Waals surface area contributed by atoms with Crippen LogP contribution in [0.15, 0.2) is 0 Å². The van der Waals surface area contributed by atoms with E-state index in [4.69, 9.17) is 10.2 Å². The molecule has 1 saturated carbocycles. The van der Waals surface area contributed by atoms with Crippen molar-refractivity contribution in [3.63, 3.8) is 0 Å². The van der Waals surface area contributed by atoms with Crippen LogP contribution in [0.25, 0.3) is 0 Å². The van der Waals surface area contributed by atoms with Gasteiger partial charge < -0.3 is 10.2 Å². The second-order valence-electron chi connectivity index (χ2n) is 3.40. The summed E-state index contributed by atoms with van der Waals surface area (Å²) in [7, 11) is 0. The van der Waals surface area contributed by atoms with Crippen molar-refractivity contribution in [3.05, 3.63) is 0 Å². The lowest BCUT2D eigenvalue weighted by molar-refractivity contribution is 0.232. The first-order valence-electron chi connectivity index (χ1n) is 3.36. The summed E-state index contributed by atoms with van der Waals surface area (Å²) >= 11 is 0. The van der Waals surface area contributed by atoms with E-state index in [-0.39, 0.29) is 18.6 Å².